The Labute approximate surface area is 217 Å². The first-order valence-corrected chi connectivity index (χ1v) is 12.4. The van der Waals surface area contributed by atoms with Crippen molar-refractivity contribution in [3.05, 3.63) is 89.9 Å². The number of piperazine rings is 1. The first kappa shape index (κ1) is 24.5. The molecule has 3 heterocycles. The number of hydrogen-bond acceptors (Lipinski definition) is 7. The summed E-state index contributed by atoms with van der Waals surface area (Å²) >= 11 is 0. The molecule has 188 valence electrons. The molecule has 0 spiro atoms. The summed E-state index contributed by atoms with van der Waals surface area (Å²) < 4.78 is 0. The van der Waals surface area contributed by atoms with Gasteiger partial charge >= 0.3 is 0 Å². The molecule has 0 atom stereocenters. The molecule has 1 aliphatic rings. The number of hydrogen-bond donors (Lipinski definition) is 2. The van der Waals surface area contributed by atoms with E-state index in [0.29, 0.717) is 28.3 Å². The van der Waals surface area contributed by atoms with Crippen molar-refractivity contribution >= 4 is 17.3 Å². The highest BCUT2D eigenvalue weighted by atomic mass is 16.1. The van der Waals surface area contributed by atoms with E-state index < -0.39 is 0 Å². The fourth-order valence-electron chi connectivity index (χ4n) is 4.51. The van der Waals surface area contributed by atoms with Gasteiger partial charge in [0.2, 0.25) is 0 Å². The third-order valence-corrected chi connectivity index (χ3v) is 6.76. The number of likely N-dealkylation sites (N-methyl/N-ethyl adjacent to an activating group) is 1. The zero-order valence-electron chi connectivity index (χ0n) is 21.2. The topological polar surface area (TPSA) is 100 Å². The number of rotatable bonds is 6. The van der Waals surface area contributed by atoms with Crippen LogP contribution in [0.4, 0.5) is 11.4 Å². The highest BCUT2D eigenvalue weighted by molar-refractivity contribution is 6.07. The SMILES string of the molecule is Cc1ccc(NC(=O)c2ccc(CN3CCN(C)CC3)cc2)c(N)c1-c1nccc(-c2cccnc2)n1. The Hall–Kier alpha value is -4.14. The Balaban J connectivity index is 1.33. The molecule has 2 aromatic carbocycles. The standard InChI is InChI=1S/C29H31N7O/c1-20-5-10-25(27(30)26(20)28-32-13-11-24(33-28)23-4-3-12-31-18-23)34-29(37)22-8-6-21(7-9-22)19-36-16-14-35(2)15-17-36/h3-13,18H,14-17,19,30H2,1-2H3,(H,34,37). The minimum Gasteiger partial charge on any atom is -0.396 e. The smallest absolute Gasteiger partial charge is 0.255 e. The van der Waals surface area contributed by atoms with E-state index in [9.17, 15) is 4.79 Å². The van der Waals surface area contributed by atoms with Crippen LogP contribution in [0.1, 0.15) is 21.5 Å². The molecule has 5 rings (SSSR count). The maximum atomic E-state index is 13.1. The zero-order valence-corrected chi connectivity index (χ0v) is 21.2. The van der Waals surface area contributed by atoms with E-state index in [4.69, 9.17) is 10.7 Å². The zero-order chi connectivity index (χ0) is 25.8. The highest BCUT2D eigenvalue weighted by Crippen LogP contribution is 2.34. The molecular formula is C29H31N7O. The maximum absolute atomic E-state index is 13.1. The molecule has 0 radical (unpaired) electrons. The Morgan fingerprint density at radius 2 is 1.78 bits per heavy atom. The minimum atomic E-state index is -0.210. The van der Waals surface area contributed by atoms with Gasteiger partial charge in [-0.3, -0.25) is 14.7 Å². The molecule has 1 fully saturated rings. The van der Waals surface area contributed by atoms with E-state index >= 15 is 0 Å². The summed E-state index contributed by atoms with van der Waals surface area (Å²) in [5, 5.41) is 2.97. The third kappa shape index (κ3) is 5.66. The average molecular weight is 494 g/mol. The predicted octanol–water partition coefficient (Wildman–Crippen LogP) is 4.10. The third-order valence-electron chi connectivity index (χ3n) is 6.76. The van der Waals surface area contributed by atoms with Crippen LogP contribution >= 0.6 is 0 Å². The second-order valence-corrected chi connectivity index (χ2v) is 9.46. The van der Waals surface area contributed by atoms with Crippen molar-refractivity contribution in [2.75, 3.05) is 44.3 Å². The number of carbonyl (C=O) groups is 1. The molecule has 0 unspecified atom stereocenters. The maximum Gasteiger partial charge on any atom is 0.255 e. The van der Waals surface area contributed by atoms with Gasteiger partial charge in [0.25, 0.3) is 5.91 Å². The molecule has 0 bridgehead atoms. The van der Waals surface area contributed by atoms with E-state index in [2.05, 4.69) is 32.1 Å². The van der Waals surface area contributed by atoms with Crippen LogP contribution < -0.4 is 11.1 Å². The quantitative estimate of drug-likeness (QED) is 0.390. The molecular weight excluding hydrogens is 462 g/mol. The summed E-state index contributed by atoms with van der Waals surface area (Å²) in [5.74, 6) is 0.290. The van der Waals surface area contributed by atoms with Crippen LogP contribution in [0.3, 0.4) is 0 Å². The van der Waals surface area contributed by atoms with Crippen LogP contribution in [-0.4, -0.2) is 63.9 Å². The van der Waals surface area contributed by atoms with Crippen molar-refractivity contribution in [1.29, 1.82) is 0 Å². The van der Waals surface area contributed by atoms with E-state index in [-0.39, 0.29) is 5.91 Å². The Morgan fingerprint density at radius 1 is 1.00 bits per heavy atom. The number of anilines is 2. The number of amides is 1. The molecule has 8 nitrogen and oxygen atoms in total. The summed E-state index contributed by atoms with van der Waals surface area (Å²) in [4.78, 5) is 31.2. The lowest BCUT2D eigenvalue weighted by Crippen LogP contribution is -2.43. The fraction of sp³-hybridized carbons (Fsp3) is 0.241. The molecule has 1 saturated heterocycles. The summed E-state index contributed by atoms with van der Waals surface area (Å²) in [6, 6.07) is 17.2. The first-order valence-electron chi connectivity index (χ1n) is 12.4. The number of aryl methyl sites for hydroxylation is 1. The van der Waals surface area contributed by atoms with Gasteiger partial charge in [-0.25, -0.2) is 9.97 Å². The molecule has 8 heteroatoms. The monoisotopic (exact) mass is 493 g/mol. The molecule has 0 saturated carbocycles. The lowest BCUT2D eigenvalue weighted by atomic mass is 10.0. The van der Waals surface area contributed by atoms with Crippen molar-refractivity contribution in [2.24, 2.45) is 0 Å². The van der Waals surface area contributed by atoms with Crippen LogP contribution in [-0.2, 0) is 6.54 Å². The number of carbonyl (C=O) groups excluding carboxylic acids is 1. The molecule has 37 heavy (non-hydrogen) atoms. The van der Waals surface area contributed by atoms with Gasteiger partial charge in [-0.15, -0.1) is 0 Å². The Kier molecular flexibility index (Phi) is 7.20. The number of benzene rings is 2. The van der Waals surface area contributed by atoms with Gasteiger partial charge in [0.15, 0.2) is 5.82 Å². The summed E-state index contributed by atoms with van der Waals surface area (Å²) in [7, 11) is 2.15. The number of nitrogens with two attached hydrogens (primary N) is 1. The van der Waals surface area contributed by atoms with Crippen LogP contribution in [0.25, 0.3) is 22.6 Å². The second-order valence-electron chi connectivity index (χ2n) is 9.46. The van der Waals surface area contributed by atoms with Crippen LogP contribution in [0.15, 0.2) is 73.2 Å². The lowest BCUT2D eigenvalue weighted by molar-refractivity contribution is 0.102. The molecule has 3 N–H and O–H groups in total. The van der Waals surface area contributed by atoms with Gasteiger partial charge in [-0.2, -0.15) is 0 Å². The normalized spacial score (nSPS) is 14.4. The Bertz CT molecular complexity index is 1380. The van der Waals surface area contributed by atoms with Gasteiger partial charge in [0.05, 0.1) is 17.1 Å². The van der Waals surface area contributed by atoms with Crippen molar-refractivity contribution < 1.29 is 4.79 Å². The first-order chi connectivity index (χ1) is 18.0. The van der Waals surface area contributed by atoms with E-state index in [1.807, 2.05) is 61.5 Å². The van der Waals surface area contributed by atoms with E-state index in [1.54, 1.807) is 18.6 Å². The summed E-state index contributed by atoms with van der Waals surface area (Å²) in [6.07, 6.45) is 5.19. The lowest BCUT2D eigenvalue weighted by Gasteiger charge is -2.32. The Morgan fingerprint density at radius 3 is 2.51 bits per heavy atom. The number of nitrogens with zero attached hydrogens (tertiary/aromatic N) is 5. The van der Waals surface area contributed by atoms with Crippen LogP contribution in [0.2, 0.25) is 0 Å². The number of nitrogen functional groups attached to an aromatic ring is 1. The summed E-state index contributed by atoms with van der Waals surface area (Å²) in [6.45, 7) is 7.13. The van der Waals surface area contributed by atoms with Crippen LogP contribution in [0.5, 0.6) is 0 Å². The van der Waals surface area contributed by atoms with E-state index in [0.717, 1.165) is 49.5 Å². The van der Waals surface area contributed by atoms with Crippen molar-refractivity contribution in [3.8, 4) is 22.6 Å². The molecule has 1 amide bonds. The molecule has 1 aliphatic heterocycles. The highest BCUT2D eigenvalue weighted by Gasteiger charge is 2.17. The van der Waals surface area contributed by atoms with Crippen LogP contribution in [0, 0.1) is 6.92 Å². The fourth-order valence-corrected chi connectivity index (χ4v) is 4.51. The van der Waals surface area contributed by atoms with Gasteiger partial charge < -0.3 is 16.0 Å². The predicted molar refractivity (Wildman–Crippen MR) is 147 cm³/mol. The van der Waals surface area contributed by atoms with Gasteiger partial charge in [0.1, 0.15) is 0 Å². The van der Waals surface area contributed by atoms with Gasteiger partial charge in [-0.05, 0) is 61.5 Å². The number of pyridine rings is 1. The number of aromatic nitrogens is 3. The van der Waals surface area contributed by atoms with Crippen molar-refractivity contribution in [1.82, 2.24) is 24.8 Å². The second kappa shape index (κ2) is 10.9. The van der Waals surface area contributed by atoms with Crippen molar-refractivity contribution in [2.45, 2.75) is 13.5 Å². The molecule has 2 aromatic heterocycles. The van der Waals surface area contributed by atoms with Gasteiger partial charge in [0, 0.05) is 68.0 Å². The molecule has 4 aromatic rings. The largest absolute Gasteiger partial charge is 0.396 e. The number of nitrogens with one attached hydrogen (secondary N) is 1. The molecule has 0 aliphatic carbocycles. The van der Waals surface area contributed by atoms with E-state index in [1.165, 1.54) is 5.56 Å². The minimum absolute atomic E-state index is 0.210. The van der Waals surface area contributed by atoms with Gasteiger partial charge in [-0.1, -0.05) is 18.2 Å². The average Bonchev–Trinajstić information content (AvgIpc) is 2.93. The van der Waals surface area contributed by atoms with Crippen molar-refractivity contribution in [3.63, 3.8) is 0 Å². The summed E-state index contributed by atoms with van der Waals surface area (Å²) in [5.41, 5.74) is 12.6.